The molecule has 0 bridgehead atoms. The minimum atomic E-state index is -1.00. The molecule has 0 radical (unpaired) electrons. The van der Waals surface area contributed by atoms with Crippen LogP contribution in [0.2, 0.25) is 5.02 Å². The van der Waals surface area contributed by atoms with Crippen molar-refractivity contribution >= 4 is 17.5 Å². The van der Waals surface area contributed by atoms with Crippen LogP contribution < -0.4 is 20.9 Å². The Labute approximate surface area is 200 Å². The summed E-state index contributed by atoms with van der Waals surface area (Å²) in [5.74, 6) is -1.99. The molecule has 1 aliphatic carbocycles. The number of nitrogens with two attached hydrogens (primary N) is 2. The van der Waals surface area contributed by atoms with Gasteiger partial charge in [-0.15, -0.1) is 0 Å². The lowest BCUT2D eigenvalue weighted by molar-refractivity contribution is 0.1000. The molecule has 1 fully saturated rings. The summed E-state index contributed by atoms with van der Waals surface area (Å²) in [6.45, 7) is 0.439. The van der Waals surface area contributed by atoms with E-state index in [1.54, 1.807) is 0 Å². The first-order chi connectivity index (χ1) is 16.3. The molecule has 5 nitrogen and oxygen atoms in total. The van der Waals surface area contributed by atoms with Gasteiger partial charge in [0.05, 0.1) is 17.2 Å². The number of hydrogen-bond acceptors (Lipinski definition) is 4. The van der Waals surface area contributed by atoms with E-state index in [9.17, 15) is 9.18 Å². The van der Waals surface area contributed by atoms with Crippen molar-refractivity contribution in [3.05, 3.63) is 81.9 Å². The molecule has 176 valence electrons. The van der Waals surface area contributed by atoms with E-state index in [4.69, 9.17) is 32.5 Å². The smallest absolute Gasteiger partial charge is 0.249 e. The van der Waals surface area contributed by atoms with Crippen LogP contribution in [-0.2, 0) is 12.0 Å². The Hall–Kier alpha value is -3.16. The largest absolute Gasteiger partial charge is 0.490 e. The lowest BCUT2D eigenvalue weighted by atomic mass is 9.85. The number of fused-ring (bicyclic) bond motifs is 1. The average Bonchev–Trinajstić information content (AvgIpc) is 3.59. The summed E-state index contributed by atoms with van der Waals surface area (Å²) in [5, 5.41) is -0.330. The highest BCUT2D eigenvalue weighted by Gasteiger charge is 2.43. The Kier molecular flexibility index (Phi) is 5.70. The van der Waals surface area contributed by atoms with Gasteiger partial charge in [-0.05, 0) is 36.5 Å². The van der Waals surface area contributed by atoms with Crippen molar-refractivity contribution in [2.24, 2.45) is 17.4 Å². The van der Waals surface area contributed by atoms with Gasteiger partial charge in [-0.3, -0.25) is 4.79 Å². The van der Waals surface area contributed by atoms with Crippen LogP contribution in [-0.4, -0.2) is 19.1 Å². The summed E-state index contributed by atoms with van der Waals surface area (Å²) < 4.78 is 42.7. The molecule has 1 heterocycles. The molecule has 1 unspecified atom stereocenters. The van der Waals surface area contributed by atoms with Crippen molar-refractivity contribution in [1.82, 2.24) is 0 Å². The van der Waals surface area contributed by atoms with Crippen LogP contribution in [0.15, 0.2) is 48.5 Å². The molecule has 1 amide bonds. The van der Waals surface area contributed by atoms with Crippen molar-refractivity contribution in [3.63, 3.8) is 0 Å². The van der Waals surface area contributed by atoms with Crippen molar-refractivity contribution in [1.29, 1.82) is 0 Å². The zero-order chi connectivity index (χ0) is 24.0. The summed E-state index contributed by atoms with van der Waals surface area (Å²) in [4.78, 5) is 12.3. The Morgan fingerprint density at radius 1 is 1.15 bits per heavy atom. The number of primary amides is 1. The van der Waals surface area contributed by atoms with E-state index in [2.05, 4.69) is 0 Å². The summed E-state index contributed by atoms with van der Waals surface area (Å²) in [5.41, 5.74) is 11.6. The number of amides is 1. The highest BCUT2D eigenvalue weighted by Crippen LogP contribution is 2.50. The van der Waals surface area contributed by atoms with E-state index in [0.29, 0.717) is 18.1 Å². The molecular formula is C26H23ClF2N2O3. The fourth-order valence-electron chi connectivity index (χ4n) is 4.44. The highest BCUT2D eigenvalue weighted by molar-refractivity contribution is 6.34. The summed E-state index contributed by atoms with van der Waals surface area (Å²) >= 11 is 6.41. The van der Waals surface area contributed by atoms with E-state index >= 15 is 4.39 Å². The second kappa shape index (κ2) is 8.56. The maximum absolute atomic E-state index is 15.8. The lowest BCUT2D eigenvalue weighted by Gasteiger charge is -2.27. The van der Waals surface area contributed by atoms with E-state index in [-0.39, 0.29) is 46.2 Å². The third-order valence-electron chi connectivity index (χ3n) is 6.48. The molecule has 4 N–H and O–H groups in total. The number of hydrogen-bond donors (Lipinski definition) is 2. The van der Waals surface area contributed by atoms with Crippen LogP contribution in [0.25, 0.3) is 11.1 Å². The van der Waals surface area contributed by atoms with E-state index in [1.165, 1.54) is 12.1 Å². The molecule has 5 rings (SSSR count). The van der Waals surface area contributed by atoms with E-state index < -0.39 is 23.1 Å². The third-order valence-corrected chi connectivity index (χ3v) is 6.85. The molecule has 1 atom stereocenters. The molecule has 3 aromatic carbocycles. The maximum atomic E-state index is 15.8. The summed E-state index contributed by atoms with van der Waals surface area (Å²) in [6, 6.07) is 13.2. The van der Waals surface area contributed by atoms with Gasteiger partial charge in [0.25, 0.3) is 0 Å². The monoisotopic (exact) mass is 484 g/mol. The molecule has 8 heteroatoms. The fraction of sp³-hybridized carbons (Fsp3) is 0.269. The van der Waals surface area contributed by atoms with Gasteiger partial charge in [0, 0.05) is 35.7 Å². The van der Waals surface area contributed by atoms with Crippen molar-refractivity contribution in [2.75, 3.05) is 13.2 Å². The van der Waals surface area contributed by atoms with Crippen molar-refractivity contribution in [3.8, 4) is 22.6 Å². The van der Waals surface area contributed by atoms with Gasteiger partial charge in [-0.1, -0.05) is 41.9 Å². The zero-order valence-electron chi connectivity index (χ0n) is 18.2. The number of halogens is 3. The van der Waals surface area contributed by atoms with E-state index in [0.717, 1.165) is 24.5 Å². The van der Waals surface area contributed by atoms with Crippen molar-refractivity contribution < 1.29 is 23.0 Å². The van der Waals surface area contributed by atoms with Gasteiger partial charge in [0.15, 0.2) is 17.2 Å². The SMILES string of the molecule is NCC1(c2ccccc2)Cc2c(cc(F)c(Cl)c2-c2c(C(N)=O)ccc(OCC3CC3)c2F)O1. The van der Waals surface area contributed by atoms with Crippen molar-refractivity contribution in [2.45, 2.75) is 24.9 Å². The minimum absolute atomic E-state index is 0.0195. The topological polar surface area (TPSA) is 87.6 Å². The number of ether oxygens (including phenoxy) is 2. The van der Waals surface area contributed by atoms with Gasteiger partial charge < -0.3 is 20.9 Å². The molecule has 0 saturated heterocycles. The van der Waals surface area contributed by atoms with Crippen LogP contribution in [0.3, 0.4) is 0 Å². The van der Waals surface area contributed by atoms with E-state index in [1.807, 2.05) is 30.3 Å². The van der Waals surface area contributed by atoms with Gasteiger partial charge in [0.2, 0.25) is 5.91 Å². The van der Waals surface area contributed by atoms with Gasteiger partial charge >= 0.3 is 0 Å². The Morgan fingerprint density at radius 3 is 2.53 bits per heavy atom. The highest BCUT2D eigenvalue weighted by atomic mass is 35.5. The van der Waals surface area contributed by atoms with Gasteiger partial charge in [-0.25, -0.2) is 8.78 Å². The standard InChI is InChI=1S/C26H23ClF2N2O3/c27-23-18(28)10-20-17(11-26(13-30,34-20)15-4-2-1-3-5-15)21(23)22-16(25(31)32)8-9-19(24(22)29)33-12-14-6-7-14/h1-5,8-10,14H,6-7,11-13,30H2,(H2,31,32). The number of benzene rings is 3. The Bertz CT molecular complexity index is 1280. The first kappa shape index (κ1) is 22.6. The first-order valence-electron chi connectivity index (χ1n) is 11.1. The zero-order valence-corrected chi connectivity index (χ0v) is 19.0. The molecule has 1 aliphatic heterocycles. The fourth-order valence-corrected chi connectivity index (χ4v) is 4.71. The normalized spacial score (nSPS) is 18.9. The Balaban J connectivity index is 1.70. The molecule has 1 saturated carbocycles. The van der Waals surface area contributed by atoms with Gasteiger partial charge in [0.1, 0.15) is 11.6 Å². The summed E-state index contributed by atoms with van der Waals surface area (Å²) in [7, 11) is 0. The molecule has 0 spiro atoms. The average molecular weight is 485 g/mol. The molecule has 3 aromatic rings. The van der Waals surface area contributed by atoms with Crippen LogP contribution in [0.1, 0.15) is 34.3 Å². The van der Waals surface area contributed by atoms with Crippen LogP contribution >= 0.6 is 11.6 Å². The van der Waals surface area contributed by atoms with Crippen LogP contribution in [0.4, 0.5) is 8.78 Å². The number of carbonyl (C=O) groups is 1. The Morgan fingerprint density at radius 2 is 1.88 bits per heavy atom. The molecule has 34 heavy (non-hydrogen) atoms. The second-order valence-corrected chi connectivity index (χ2v) is 9.16. The molecule has 2 aliphatic rings. The predicted molar refractivity (Wildman–Crippen MR) is 125 cm³/mol. The van der Waals surface area contributed by atoms with Gasteiger partial charge in [-0.2, -0.15) is 0 Å². The van der Waals surface area contributed by atoms with Crippen LogP contribution in [0, 0.1) is 17.6 Å². The predicted octanol–water partition coefficient (Wildman–Crippen LogP) is 4.96. The lowest BCUT2D eigenvalue weighted by Crippen LogP contribution is -2.39. The first-order valence-corrected chi connectivity index (χ1v) is 11.4. The number of carbonyl (C=O) groups excluding carboxylic acids is 1. The second-order valence-electron chi connectivity index (χ2n) is 8.79. The molecular weight excluding hydrogens is 462 g/mol. The number of rotatable bonds is 7. The summed E-state index contributed by atoms with van der Waals surface area (Å²) in [6.07, 6.45) is 2.24. The quantitative estimate of drug-likeness (QED) is 0.496. The maximum Gasteiger partial charge on any atom is 0.249 e. The third kappa shape index (κ3) is 3.79. The molecule has 0 aromatic heterocycles. The van der Waals surface area contributed by atoms with Crippen LogP contribution in [0.5, 0.6) is 11.5 Å². The minimum Gasteiger partial charge on any atom is -0.490 e.